The summed E-state index contributed by atoms with van der Waals surface area (Å²) in [5.74, 6) is 0.167. The zero-order valence-electron chi connectivity index (χ0n) is 14.1. The zero-order chi connectivity index (χ0) is 17.8. The van der Waals surface area contributed by atoms with Gasteiger partial charge in [0.25, 0.3) is 0 Å². The molecule has 0 fully saturated rings. The Labute approximate surface area is 145 Å². The number of rotatable bonds is 5. The minimum Gasteiger partial charge on any atom is -0.495 e. The van der Waals surface area contributed by atoms with Gasteiger partial charge in [0.2, 0.25) is 11.8 Å². The van der Waals surface area contributed by atoms with E-state index in [1.54, 1.807) is 18.2 Å². The third kappa shape index (κ3) is 3.80. The molecule has 0 atom stereocenters. The van der Waals surface area contributed by atoms with E-state index in [0.29, 0.717) is 17.1 Å². The Balaban J connectivity index is 1.79. The Bertz CT molecular complexity index is 931. The Kier molecular flexibility index (Phi) is 4.70. The normalized spacial score (nSPS) is 10.5. The number of carbonyl (C=O) groups is 2. The monoisotopic (exact) mass is 337 g/mol. The van der Waals surface area contributed by atoms with Gasteiger partial charge in [-0.05, 0) is 35.7 Å². The van der Waals surface area contributed by atoms with Crippen molar-refractivity contribution in [3.05, 3.63) is 54.7 Å². The summed E-state index contributed by atoms with van der Waals surface area (Å²) in [7, 11) is 1.53. The number of ether oxygens (including phenoxy) is 1. The number of amides is 2. The van der Waals surface area contributed by atoms with E-state index in [0.717, 1.165) is 10.9 Å². The summed E-state index contributed by atoms with van der Waals surface area (Å²) in [5.41, 5.74) is 2.10. The van der Waals surface area contributed by atoms with Crippen molar-refractivity contribution in [1.29, 1.82) is 0 Å². The number of anilines is 2. The van der Waals surface area contributed by atoms with Crippen molar-refractivity contribution < 1.29 is 14.3 Å². The van der Waals surface area contributed by atoms with Crippen LogP contribution in [0.2, 0.25) is 0 Å². The summed E-state index contributed by atoms with van der Waals surface area (Å²) in [6, 6.07) is 14.9. The topological polar surface area (TPSA) is 72.4 Å². The van der Waals surface area contributed by atoms with Gasteiger partial charge in [0.1, 0.15) is 12.3 Å². The van der Waals surface area contributed by atoms with Crippen molar-refractivity contribution in [2.75, 3.05) is 17.7 Å². The lowest BCUT2D eigenvalue weighted by molar-refractivity contribution is -0.116. The number of carbonyl (C=O) groups excluding carboxylic acids is 2. The van der Waals surface area contributed by atoms with Crippen LogP contribution in [0.25, 0.3) is 10.9 Å². The van der Waals surface area contributed by atoms with Crippen molar-refractivity contribution >= 4 is 34.1 Å². The van der Waals surface area contributed by atoms with E-state index >= 15 is 0 Å². The fraction of sp³-hybridized carbons (Fsp3) is 0.158. The number of nitrogens with zero attached hydrogens (tertiary/aromatic N) is 1. The number of hydrogen-bond acceptors (Lipinski definition) is 3. The van der Waals surface area contributed by atoms with Crippen molar-refractivity contribution in [2.45, 2.75) is 13.5 Å². The SMILES string of the molecule is COc1ccc(NC(C)=O)cc1NC(=O)Cn1ccc2ccccc21. The number of aromatic nitrogens is 1. The van der Waals surface area contributed by atoms with Crippen LogP contribution in [0.5, 0.6) is 5.75 Å². The lowest BCUT2D eigenvalue weighted by Gasteiger charge is -2.13. The maximum absolute atomic E-state index is 12.5. The molecule has 6 heteroatoms. The van der Waals surface area contributed by atoms with E-state index in [2.05, 4.69) is 10.6 Å². The van der Waals surface area contributed by atoms with Gasteiger partial charge in [-0.1, -0.05) is 18.2 Å². The molecule has 25 heavy (non-hydrogen) atoms. The third-order valence-corrected chi connectivity index (χ3v) is 3.79. The van der Waals surface area contributed by atoms with E-state index in [1.807, 2.05) is 41.1 Å². The van der Waals surface area contributed by atoms with Crippen LogP contribution >= 0.6 is 0 Å². The largest absolute Gasteiger partial charge is 0.495 e. The molecule has 2 N–H and O–H groups in total. The average Bonchev–Trinajstić information content (AvgIpc) is 2.98. The second-order valence-corrected chi connectivity index (χ2v) is 5.65. The highest BCUT2D eigenvalue weighted by Gasteiger charge is 2.11. The fourth-order valence-corrected chi connectivity index (χ4v) is 2.71. The maximum Gasteiger partial charge on any atom is 0.244 e. The summed E-state index contributed by atoms with van der Waals surface area (Å²) < 4.78 is 7.16. The summed E-state index contributed by atoms with van der Waals surface area (Å²) in [4.78, 5) is 23.7. The molecule has 0 bridgehead atoms. The van der Waals surface area contributed by atoms with Crippen LogP contribution in [0.3, 0.4) is 0 Å². The van der Waals surface area contributed by atoms with Gasteiger partial charge < -0.3 is 19.9 Å². The summed E-state index contributed by atoms with van der Waals surface area (Å²) in [6.45, 7) is 1.61. The molecule has 6 nitrogen and oxygen atoms in total. The first-order valence-electron chi connectivity index (χ1n) is 7.86. The molecule has 1 heterocycles. The number of nitrogens with one attached hydrogen (secondary N) is 2. The van der Waals surface area contributed by atoms with Crippen molar-refractivity contribution in [2.24, 2.45) is 0 Å². The number of para-hydroxylation sites is 1. The van der Waals surface area contributed by atoms with Gasteiger partial charge in [-0.3, -0.25) is 9.59 Å². The molecule has 0 saturated heterocycles. The standard InChI is InChI=1S/C19H19N3O3/c1-13(23)20-15-7-8-18(25-2)16(11-15)21-19(24)12-22-10-9-14-5-3-4-6-17(14)22/h3-11H,12H2,1-2H3,(H,20,23)(H,21,24). The Morgan fingerprint density at radius 2 is 1.88 bits per heavy atom. The molecule has 2 aromatic carbocycles. The highest BCUT2D eigenvalue weighted by molar-refractivity contribution is 5.95. The molecular formula is C19H19N3O3. The predicted octanol–water partition coefficient (Wildman–Crippen LogP) is 3.25. The van der Waals surface area contributed by atoms with Crippen LogP contribution in [-0.4, -0.2) is 23.5 Å². The van der Waals surface area contributed by atoms with Gasteiger partial charge in [-0.2, -0.15) is 0 Å². The quantitative estimate of drug-likeness (QED) is 0.751. The molecule has 3 rings (SSSR count). The molecule has 0 unspecified atom stereocenters. The first-order chi connectivity index (χ1) is 12.1. The zero-order valence-corrected chi connectivity index (χ0v) is 14.1. The first-order valence-corrected chi connectivity index (χ1v) is 7.86. The first kappa shape index (κ1) is 16.6. The van der Waals surface area contributed by atoms with Gasteiger partial charge >= 0.3 is 0 Å². The van der Waals surface area contributed by atoms with Crippen LogP contribution in [0, 0.1) is 0 Å². The molecule has 2 amide bonds. The molecule has 0 aliphatic heterocycles. The van der Waals surface area contributed by atoms with E-state index in [-0.39, 0.29) is 18.4 Å². The van der Waals surface area contributed by atoms with Crippen LogP contribution < -0.4 is 15.4 Å². The molecule has 0 saturated carbocycles. The second-order valence-electron chi connectivity index (χ2n) is 5.65. The number of fused-ring (bicyclic) bond motifs is 1. The van der Waals surface area contributed by atoms with Gasteiger partial charge in [0, 0.05) is 24.3 Å². The molecule has 128 valence electrons. The number of hydrogen-bond donors (Lipinski definition) is 2. The van der Waals surface area contributed by atoms with Crippen LogP contribution in [0.1, 0.15) is 6.92 Å². The van der Waals surface area contributed by atoms with Gasteiger partial charge in [-0.25, -0.2) is 0 Å². The average molecular weight is 337 g/mol. The molecule has 0 aliphatic carbocycles. The molecular weight excluding hydrogens is 318 g/mol. The van der Waals surface area contributed by atoms with Gasteiger partial charge in [0.15, 0.2) is 0 Å². The Morgan fingerprint density at radius 3 is 2.64 bits per heavy atom. The summed E-state index contributed by atoms with van der Waals surface area (Å²) in [5, 5.41) is 6.61. The second kappa shape index (κ2) is 7.09. The van der Waals surface area contributed by atoms with Gasteiger partial charge in [-0.15, -0.1) is 0 Å². The lowest BCUT2D eigenvalue weighted by Crippen LogP contribution is -2.19. The Morgan fingerprint density at radius 1 is 1.08 bits per heavy atom. The molecule has 0 radical (unpaired) electrons. The highest BCUT2D eigenvalue weighted by atomic mass is 16.5. The van der Waals surface area contributed by atoms with Crippen molar-refractivity contribution in [3.63, 3.8) is 0 Å². The smallest absolute Gasteiger partial charge is 0.244 e. The van der Waals surface area contributed by atoms with Crippen LogP contribution in [-0.2, 0) is 16.1 Å². The fourth-order valence-electron chi connectivity index (χ4n) is 2.71. The Hall–Kier alpha value is -3.28. The molecule has 3 aromatic rings. The maximum atomic E-state index is 12.5. The van der Waals surface area contributed by atoms with E-state index in [1.165, 1.54) is 14.0 Å². The molecule has 0 spiro atoms. The number of methoxy groups -OCH3 is 1. The van der Waals surface area contributed by atoms with Crippen LogP contribution in [0.4, 0.5) is 11.4 Å². The molecule has 0 aliphatic rings. The van der Waals surface area contributed by atoms with E-state index < -0.39 is 0 Å². The lowest BCUT2D eigenvalue weighted by atomic mass is 10.2. The predicted molar refractivity (Wildman–Crippen MR) is 97.9 cm³/mol. The summed E-state index contributed by atoms with van der Waals surface area (Å²) >= 11 is 0. The molecule has 1 aromatic heterocycles. The van der Waals surface area contributed by atoms with Crippen LogP contribution in [0.15, 0.2) is 54.7 Å². The minimum absolute atomic E-state index is 0.179. The van der Waals surface area contributed by atoms with E-state index in [9.17, 15) is 9.59 Å². The number of benzene rings is 2. The minimum atomic E-state index is -0.181. The third-order valence-electron chi connectivity index (χ3n) is 3.79. The highest BCUT2D eigenvalue weighted by Crippen LogP contribution is 2.28. The van der Waals surface area contributed by atoms with Gasteiger partial charge in [0.05, 0.1) is 12.8 Å². The van der Waals surface area contributed by atoms with Crippen molar-refractivity contribution in [3.8, 4) is 5.75 Å². The van der Waals surface area contributed by atoms with E-state index in [4.69, 9.17) is 4.74 Å². The van der Waals surface area contributed by atoms with Crippen molar-refractivity contribution in [1.82, 2.24) is 4.57 Å². The summed E-state index contributed by atoms with van der Waals surface area (Å²) in [6.07, 6.45) is 1.88.